The van der Waals surface area contributed by atoms with E-state index in [9.17, 15) is 10.0 Å². The predicted octanol–water partition coefficient (Wildman–Crippen LogP) is 2.19. The van der Waals surface area contributed by atoms with Crippen LogP contribution in [0.25, 0.3) is 16.6 Å². The van der Waals surface area contributed by atoms with Gasteiger partial charge >= 0.3 is 7.12 Å². The summed E-state index contributed by atoms with van der Waals surface area (Å²) in [4.78, 5) is 0. The van der Waals surface area contributed by atoms with Crippen LogP contribution >= 0.6 is 0 Å². The summed E-state index contributed by atoms with van der Waals surface area (Å²) >= 11 is 0. The molecule has 4 rings (SSSR count). The highest BCUT2D eigenvalue weighted by Crippen LogP contribution is 2.34. The fourth-order valence-electron chi connectivity index (χ4n) is 3.59. The first kappa shape index (κ1) is 13.6. The largest absolute Gasteiger partial charge is 0.488 e. The second-order valence-electron chi connectivity index (χ2n) is 5.95. The monoisotopic (exact) mass is 291 g/mol. The van der Waals surface area contributed by atoms with Crippen molar-refractivity contribution in [1.29, 1.82) is 0 Å². The van der Waals surface area contributed by atoms with Gasteiger partial charge in [-0.15, -0.1) is 0 Å². The van der Waals surface area contributed by atoms with Gasteiger partial charge in [-0.1, -0.05) is 30.3 Å². The molecule has 0 radical (unpaired) electrons. The van der Waals surface area contributed by atoms with Crippen molar-refractivity contribution in [3.05, 3.63) is 59.8 Å². The van der Waals surface area contributed by atoms with Crippen LogP contribution in [0.3, 0.4) is 0 Å². The molecule has 0 fully saturated rings. The second-order valence-corrected chi connectivity index (χ2v) is 5.95. The Morgan fingerprint density at radius 2 is 1.59 bits per heavy atom. The molecule has 0 bridgehead atoms. The lowest BCUT2D eigenvalue weighted by Crippen LogP contribution is -2.29. The van der Waals surface area contributed by atoms with E-state index in [1.165, 1.54) is 35.0 Å². The molecule has 0 unspecified atom stereocenters. The summed E-state index contributed by atoms with van der Waals surface area (Å²) in [5.74, 6) is 0. The first-order chi connectivity index (χ1) is 10.8. The SMILES string of the molecule is OB(O)c1ccc(-n2c3c(c4ccccc42)CCCC3)cc1. The Morgan fingerprint density at radius 3 is 2.36 bits per heavy atom. The fraction of sp³-hybridized carbons (Fsp3) is 0.222. The number of aromatic nitrogens is 1. The molecule has 0 atom stereocenters. The summed E-state index contributed by atoms with van der Waals surface area (Å²) in [5.41, 5.74) is 5.74. The molecule has 0 aliphatic heterocycles. The van der Waals surface area contributed by atoms with Gasteiger partial charge < -0.3 is 14.6 Å². The van der Waals surface area contributed by atoms with Crippen molar-refractivity contribution in [3.8, 4) is 5.69 Å². The standard InChI is InChI=1S/C18H18BNO2/c21-19(22)13-9-11-14(12-10-13)20-17-7-3-1-5-15(17)16-6-2-4-8-18(16)20/h1,3,5,7,9-12,21-22H,2,4,6,8H2. The smallest absolute Gasteiger partial charge is 0.423 e. The fourth-order valence-corrected chi connectivity index (χ4v) is 3.59. The van der Waals surface area contributed by atoms with Crippen LogP contribution in [0, 0.1) is 0 Å². The normalized spacial score (nSPS) is 14.1. The molecule has 3 aromatic rings. The lowest BCUT2D eigenvalue weighted by molar-refractivity contribution is 0.426. The zero-order valence-corrected chi connectivity index (χ0v) is 12.4. The van der Waals surface area contributed by atoms with E-state index in [-0.39, 0.29) is 0 Å². The Balaban J connectivity index is 1.94. The molecule has 3 nitrogen and oxygen atoms in total. The Labute approximate surface area is 130 Å². The van der Waals surface area contributed by atoms with Crippen LogP contribution in [0.1, 0.15) is 24.1 Å². The minimum Gasteiger partial charge on any atom is -0.423 e. The van der Waals surface area contributed by atoms with Crippen molar-refractivity contribution in [2.75, 3.05) is 0 Å². The van der Waals surface area contributed by atoms with Gasteiger partial charge in [-0.25, -0.2) is 0 Å². The topological polar surface area (TPSA) is 45.4 Å². The quantitative estimate of drug-likeness (QED) is 0.711. The van der Waals surface area contributed by atoms with Crippen molar-refractivity contribution >= 4 is 23.5 Å². The predicted molar refractivity (Wildman–Crippen MR) is 89.7 cm³/mol. The van der Waals surface area contributed by atoms with Crippen LogP contribution in [-0.4, -0.2) is 21.7 Å². The number of rotatable bonds is 2. The van der Waals surface area contributed by atoms with E-state index in [0.29, 0.717) is 5.46 Å². The summed E-state index contributed by atoms with van der Waals surface area (Å²) in [6, 6.07) is 16.1. The number of hydrogen-bond donors (Lipinski definition) is 2. The van der Waals surface area contributed by atoms with E-state index < -0.39 is 7.12 Å². The molecule has 0 spiro atoms. The summed E-state index contributed by atoms with van der Waals surface area (Å²) in [6.07, 6.45) is 4.75. The van der Waals surface area contributed by atoms with Crippen molar-refractivity contribution in [1.82, 2.24) is 4.57 Å². The lowest BCUT2D eigenvalue weighted by atomic mass is 9.80. The number of hydrogen-bond acceptors (Lipinski definition) is 2. The molecule has 2 aromatic carbocycles. The third-order valence-electron chi connectivity index (χ3n) is 4.63. The minimum atomic E-state index is -1.41. The van der Waals surface area contributed by atoms with Crippen molar-refractivity contribution in [2.45, 2.75) is 25.7 Å². The molecule has 1 heterocycles. The van der Waals surface area contributed by atoms with Gasteiger partial charge in [0.1, 0.15) is 0 Å². The van der Waals surface area contributed by atoms with Gasteiger partial charge in [0.15, 0.2) is 0 Å². The molecular weight excluding hydrogens is 273 g/mol. The molecule has 2 N–H and O–H groups in total. The maximum atomic E-state index is 9.26. The molecule has 110 valence electrons. The van der Waals surface area contributed by atoms with Gasteiger partial charge in [-0.05, 0) is 54.9 Å². The zero-order valence-electron chi connectivity index (χ0n) is 12.4. The van der Waals surface area contributed by atoms with E-state index in [1.807, 2.05) is 12.1 Å². The van der Waals surface area contributed by atoms with Crippen LogP contribution in [-0.2, 0) is 12.8 Å². The average molecular weight is 291 g/mol. The van der Waals surface area contributed by atoms with Crippen LogP contribution < -0.4 is 5.46 Å². The number of benzene rings is 2. The molecule has 0 saturated carbocycles. The van der Waals surface area contributed by atoms with E-state index in [0.717, 1.165) is 18.5 Å². The molecule has 0 saturated heterocycles. The van der Waals surface area contributed by atoms with E-state index in [4.69, 9.17) is 0 Å². The summed E-state index contributed by atoms with van der Waals surface area (Å²) in [7, 11) is -1.41. The Kier molecular flexibility index (Phi) is 3.28. The van der Waals surface area contributed by atoms with Crippen LogP contribution in [0.4, 0.5) is 0 Å². The van der Waals surface area contributed by atoms with Gasteiger partial charge in [0.05, 0.1) is 5.52 Å². The maximum absolute atomic E-state index is 9.26. The Morgan fingerprint density at radius 1 is 0.864 bits per heavy atom. The van der Waals surface area contributed by atoms with Gasteiger partial charge in [-0.2, -0.15) is 0 Å². The third kappa shape index (κ3) is 2.07. The van der Waals surface area contributed by atoms with Crippen molar-refractivity contribution in [3.63, 3.8) is 0 Å². The van der Waals surface area contributed by atoms with E-state index in [1.54, 1.807) is 12.1 Å². The van der Waals surface area contributed by atoms with Crippen LogP contribution in [0.5, 0.6) is 0 Å². The highest BCUT2D eigenvalue weighted by molar-refractivity contribution is 6.58. The van der Waals surface area contributed by atoms with Gasteiger partial charge in [0.25, 0.3) is 0 Å². The van der Waals surface area contributed by atoms with Crippen molar-refractivity contribution < 1.29 is 10.0 Å². The summed E-state index contributed by atoms with van der Waals surface area (Å²) in [5, 5.41) is 19.9. The molecule has 0 amide bonds. The molecule has 1 aromatic heterocycles. The summed E-state index contributed by atoms with van der Waals surface area (Å²) in [6.45, 7) is 0. The first-order valence-corrected chi connectivity index (χ1v) is 7.83. The average Bonchev–Trinajstić information content (AvgIpc) is 2.89. The van der Waals surface area contributed by atoms with Gasteiger partial charge in [0.2, 0.25) is 0 Å². The Hall–Kier alpha value is -2.04. The Bertz CT molecular complexity index is 821. The van der Waals surface area contributed by atoms with Crippen LogP contribution in [0.2, 0.25) is 0 Å². The second kappa shape index (κ2) is 5.31. The van der Waals surface area contributed by atoms with Gasteiger partial charge in [-0.3, -0.25) is 0 Å². The lowest BCUT2D eigenvalue weighted by Gasteiger charge is -2.16. The zero-order chi connectivity index (χ0) is 15.1. The maximum Gasteiger partial charge on any atom is 0.488 e. The van der Waals surface area contributed by atoms with Gasteiger partial charge in [0, 0.05) is 16.8 Å². The first-order valence-electron chi connectivity index (χ1n) is 7.83. The highest BCUT2D eigenvalue weighted by atomic mass is 16.4. The molecule has 1 aliphatic carbocycles. The third-order valence-corrected chi connectivity index (χ3v) is 4.63. The number of para-hydroxylation sites is 1. The number of fused-ring (bicyclic) bond motifs is 3. The van der Waals surface area contributed by atoms with E-state index in [2.05, 4.69) is 28.8 Å². The summed E-state index contributed by atoms with van der Waals surface area (Å²) < 4.78 is 2.33. The molecule has 1 aliphatic rings. The van der Waals surface area contributed by atoms with Crippen molar-refractivity contribution in [2.24, 2.45) is 0 Å². The number of nitrogens with zero attached hydrogens (tertiary/aromatic N) is 1. The molecule has 22 heavy (non-hydrogen) atoms. The number of aryl methyl sites for hydroxylation is 1. The van der Waals surface area contributed by atoms with Crippen LogP contribution in [0.15, 0.2) is 48.5 Å². The minimum absolute atomic E-state index is 0.522. The molecule has 4 heteroatoms. The highest BCUT2D eigenvalue weighted by Gasteiger charge is 2.20. The van der Waals surface area contributed by atoms with E-state index >= 15 is 0 Å². The molecular formula is C18H18BNO2.